The van der Waals surface area contributed by atoms with E-state index in [0.29, 0.717) is 18.2 Å². The maximum atomic E-state index is 12.4. The Morgan fingerprint density at radius 3 is 2.57 bits per heavy atom. The molecule has 0 aliphatic carbocycles. The van der Waals surface area contributed by atoms with E-state index in [1.54, 1.807) is 12.1 Å². The maximum Gasteiger partial charge on any atom is 0.265 e. The van der Waals surface area contributed by atoms with Crippen LogP contribution in [0.5, 0.6) is 5.75 Å². The van der Waals surface area contributed by atoms with E-state index in [4.69, 9.17) is 16.3 Å². The quantitative estimate of drug-likeness (QED) is 0.883. The highest BCUT2D eigenvalue weighted by Crippen LogP contribution is 2.32. The van der Waals surface area contributed by atoms with E-state index in [-0.39, 0.29) is 9.92 Å². The van der Waals surface area contributed by atoms with Crippen molar-refractivity contribution in [3.05, 3.63) is 53.1 Å². The molecule has 2 aromatic rings. The summed E-state index contributed by atoms with van der Waals surface area (Å²) in [7, 11) is -3.91. The van der Waals surface area contributed by atoms with Crippen molar-refractivity contribution < 1.29 is 18.3 Å². The third kappa shape index (κ3) is 3.44. The van der Waals surface area contributed by atoms with Crippen LogP contribution in [0, 0.1) is 0 Å². The van der Waals surface area contributed by atoms with Crippen molar-refractivity contribution in [2.45, 2.75) is 17.2 Å². The molecule has 122 valence electrons. The molecule has 0 amide bonds. The van der Waals surface area contributed by atoms with E-state index in [1.165, 1.54) is 18.2 Å². The van der Waals surface area contributed by atoms with E-state index in [2.05, 4.69) is 4.72 Å². The Labute approximate surface area is 139 Å². The standard InChI is InChI=1S/C16H16ClNO4S/c17-14-2-1-3-15(16(14)19)23(20,21)18-13-6-4-11(5-7-13)12-8-9-22-10-12/h1-7,12,18-19H,8-10H2. The second-order valence-corrected chi connectivity index (χ2v) is 7.43. The second-order valence-electron chi connectivity index (χ2n) is 5.37. The normalized spacial score (nSPS) is 18.0. The molecule has 5 nitrogen and oxygen atoms in total. The van der Waals surface area contributed by atoms with Crippen LogP contribution in [0.15, 0.2) is 47.4 Å². The average Bonchev–Trinajstić information content (AvgIpc) is 3.04. The van der Waals surface area contributed by atoms with Gasteiger partial charge in [0.2, 0.25) is 0 Å². The highest BCUT2D eigenvalue weighted by Gasteiger charge is 2.21. The molecule has 1 saturated heterocycles. The predicted molar refractivity (Wildman–Crippen MR) is 88.5 cm³/mol. The fourth-order valence-corrected chi connectivity index (χ4v) is 3.95. The van der Waals surface area contributed by atoms with E-state index in [1.807, 2.05) is 12.1 Å². The van der Waals surface area contributed by atoms with Gasteiger partial charge < -0.3 is 9.84 Å². The monoisotopic (exact) mass is 353 g/mol. The summed E-state index contributed by atoms with van der Waals surface area (Å²) in [5.74, 6) is -0.0981. The third-order valence-corrected chi connectivity index (χ3v) is 5.52. The topological polar surface area (TPSA) is 75.6 Å². The Kier molecular flexibility index (Phi) is 4.48. The molecule has 1 atom stereocenters. The van der Waals surface area contributed by atoms with Gasteiger partial charge >= 0.3 is 0 Å². The number of rotatable bonds is 4. The lowest BCUT2D eigenvalue weighted by atomic mass is 9.98. The molecule has 2 aromatic carbocycles. The minimum absolute atomic E-state index is 0.00976. The molecule has 1 aliphatic heterocycles. The van der Waals surface area contributed by atoms with Gasteiger partial charge in [-0.15, -0.1) is 0 Å². The van der Waals surface area contributed by atoms with Gasteiger partial charge in [0.15, 0.2) is 5.75 Å². The minimum Gasteiger partial charge on any atom is -0.505 e. The summed E-state index contributed by atoms with van der Waals surface area (Å²) in [6, 6.07) is 11.4. The van der Waals surface area contributed by atoms with Crippen LogP contribution in [0.25, 0.3) is 0 Å². The van der Waals surface area contributed by atoms with E-state index >= 15 is 0 Å². The zero-order chi connectivity index (χ0) is 16.4. The smallest absolute Gasteiger partial charge is 0.265 e. The van der Waals surface area contributed by atoms with E-state index in [9.17, 15) is 13.5 Å². The van der Waals surface area contributed by atoms with Gasteiger partial charge in [-0.05, 0) is 36.2 Å². The molecule has 7 heteroatoms. The summed E-state index contributed by atoms with van der Waals surface area (Å²) < 4.78 is 32.5. The molecule has 1 unspecified atom stereocenters. The third-order valence-electron chi connectivity index (χ3n) is 3.80. The van der Waals surface area contributed by atoms with Crippen LogP contribution in [0.1, 0.15) is 17.9 Å². The number of benzene rings is 2. The van der Waals surface area contributed by atoms with Crippen LogP contribution in [0.2, 0.25) is 5.02 Å². The van der Waals surface area contributed by atoms with Gasteiger partial charge in [-0.25, -0.2) is 8.42 Å². The van der Waals surface area contributed by atoms with E-state index in [0.717, 1.165) is 18.6 Å². The van der Waals surface area contributed by atoms with Crippen LogP contribution in [-0.4, -0.2) is 26.7 Å². The molecule has 1 heterocycles. The van der Waals surface area contributed by atoms with Gasteiger partial charge in [0.1, 0.15) is 4.90 Å². The summed E-state index contributed by atoms with van der Waals surface area (Å²) in [6.07, 6.45) is 0.974. The highest BCUT2D eigenvalue weighted by atomic mass is 35.5. The summed E-state index contributed by atoms with van der Waals surface area (Å²) in [5, 5.41) is 9.82. The number of aromatic hydroxyl groups is 1. The molecular formula is C16H16ClNO4S. The summed E-state index contributed by atoms with van der Waals surface area (Å²) in [4.78, 5) is -0.252. The lowest BCUT2D eigenvalue weighted by Crippen LogP contribution is -2.13. The number of anilines is 1. The number of hydrogen-bond donors (Lipinski definition) is 2. The zero-order valence-electron chi connectivity index (χ0n) is 12.2. The molecular weight excluding hydrogens is 338 g/mol. The first-order valence-electron chi connectivity index (χ1n) is 7.15. The molecule has 0 spiro atoms. The fourth-order valence-electron chi connectivity index (χ4n) is 2.54. The number of hydrogen-bond acceptors (Lipinski definition) is 4. The van der Waals surface area contributed by atoms with Crippen LogP contribution in [0.4, 0.5) is 5.69 Å². The SMILES string of the molecule is O=S(=O)(Nc1ccc(C2CCOC2)cc1)c1cccc(Cl)c1O. The maximum absolute atomic E-state index is 12.4. The largest absolute Gasteiger partial charge is 0.505 e. The predicted octanol–water partition coefficient (Wildman–Crippen LogP) is 3.35. The van der Waals surface area contributed by atoms with Crippen molar-refractivity contribution in [3.8, 4) is 5.75 Å². The van der Waals surface area contributed by atoms with Gasteiger partial charge in [0, 0.05) is 18.2 Å². The van der Waals surface area contributed by atoms with Crippen molar-refractivity contribution >= 4 is 27.3 Å². The van der Waals surface area contributed by atoms with Crippen molar-refractivity contribution in [2.24, 2.45) is 0 Å². The number of ether oxygens (including phenoxy) is 1. The molecule has 1 fully saturated rings. The van der Waals surface area contributed by atoms with Crippen molar-refractivity contribution in [2.75, 3.05) is 17.9 Å². The fraction of sp³-hybridized carbons (Fsp3) is 0.250. The van der Waals surface area contributed by atoms with Crippen LogP contribution in [0.3, 0.4) is 0 Å². The van der Waals surface area contributed by atoms with Gasteiger partial charge in [0.05, 0.1) is 11.6 Å². The molecule has 0 bridgehead atoms. The summed E-state index contributed by atoms with van der Waals surface area (Å²) in [6.45, 7) is 1.45. The second kappa shape index (κ2) is 6.39. The number of sulfonamides is 1. The number of phenols is 1. The van der Waals surface area contributed by atoms with Gasteiger partial charge in [-0.1, -0.05) is 29.8 Å². The molecule has 1 aliphatic rings. The lowest BCUT2D eigenvalue weighted by molar-refractivity contribution is 0.194. The van der Waals surface area contributed by atoms with Crippen molar-refractivity contribution in [1.29, 1.82) is 0 Å². The molecule has 0 saturated carbocycles. The molecule has 0 aromatic heterocycles. The molecule has 23 heavy (non-hydrogen) atoms. The Balaban J connectivity index is 1.81. The Morgan fingerprint density at radius 2 is 1.91 bits per heavy atom. The first-order chi connectivity index (χ1) is 11.0. The minimum atomic E-state index is -3.91. The Morgan fingerprint density at radius 1 is 1.17 bits per heavy atom. The molecule has 3 rings (SSSR count). The van der Waals surface area contributed by atoms with Crippen LogP contribution >= 0.6 is 11.6 Å². The van der Waals surface area contributed by atoms with Gasteiger partial charge in [-0.2, -0.15) is 0 Å². The summed E-state index contributed by atoms with van der Waals surface area (Å²) in [5.41, 5.74) is 1.54. The Bertz CT molecular complexity index is 799. The van der Waals surface area contributed by atoms with Crippen molar-refractivity contribution in [1.82, 2.24) is 0 Å². The number of phenolic OH excluding ortho intramolecular Hbond substituents is 1. The van der Waals surface area contributed by atoms with Crippen LogP contribution < -0.4 is 4.72 Å². The van der Waals surface area contributed by atoms with Crippen molar-refractivity contribution in [3.63, 3.8) is 0 Å². The van der Waals surface area contributed by atoms with Gasteiger partial charge in [0.25, 0.3) is 10.0 Å². The van der Waals surface area contributed by atoms with Gasteiger partial charge in [-0.3, -0.25) is 4.72 Å². The van der Waals surface area contributed by atoms with Crippen LogP contribution in [-0.2, 0) is 14.8 Å². The average molecular weight is 354 g/mol. The lowest BCUT2D eigenvalue weighted by Gasteiger charge is -2.12. The zero-order valence-corrected chi connectivity index (χ0v) is 13.8. The summed E-state index contributed by atoms with van der Waals surface area (Å²) >= 11 is 5.76. The molecule has 2 N–H and O–H groups in total. The number of halogens is 1. The number of para-hydroxylation sites is 1. The number of nitrogens with one attached hydrogen (secondary N) is 1. The first kappa shape index (κ1) is 16.1. The Hall–Kier alpha value is -1.76. The van der Waals surface area contributed by atoms with E-state index < -0.39 is 15.8 Å². The highest BCUT2D eigenvalue weighted by molar-refractivity contribution is 7.92. The molecule has 0 radical (unpaired) electrons. The first-order valence-corrected chi connectivity index (χ1v) is 9.01.